The normalized spacial score (nSPS) is 13.0. The highest BCUT2D eigenvalue weighted by atomic mass is 16.5. The van der Waals surface area contributed by atoms with E-state index in [4.69, 9.17) is 9.15 Å². The molecule has 3 heteroatoms. The van der Waals surface area contributed by atoms with Gasteiger partial charge in [0.25, 0.3) is 0 Å². The van der Waals surface area contributed by atoms with Crippen molar-refractivity contribution in [2.45, 2.75) is 33.2 Å². The van der Waals surface area contributed by atoms with Crippen LogP contribution in [0, 0.1) is 6.92 Å². The summed E-state index contributed by atoms with van der Waals surface area (Å²) >= 11 is 0. The van der Waals surface area contributed by atoms with E-state index < -0.39 is 0 Å². The Balaban J connectivity index is 2.16. The van der Waals surface area contributed by atoms with Crippen LogP contribution in [-0.4, -0.2) is 19.8 Å². The van der Waals surface area contributed by atoms with Gasteiger partial charge in [-0.3, -0.25) is 0 Å². The van der Waals surface area contributed by atoms with Gasteiger partial charge in [-0.1, -0.05) is 0 Å². The largest absolute Gasteiger partial charge is 0.465 e. The maximum atomic E-state index is 5.53. The predicted octanol–water partition coefficient (Wildman–Crippen LogP) is 2.67. The predicted molar refractivity (Wildman–Crippen MR) is 61.0 cm³/mol. The van der Waals surface area contributed by atoms with Gasteiger partial charge in [0.05, 0.1) is 6.04 Å². The SMILES string of the molecule is CCOCCCN[C@@H](C)c1ccc(C)o1. The molecule has 0 saturated heterocycles. The van der Waals surface area contributed by atoms with Gasteiger partial charge in [-0.25, -0.2) is 0 Å². The van der Waals surface area contributed by atoms with Crippen molar-refractivity contribution in [1.82, 2.24) is 5.32 Å². The van der Waals surface area contributed by atoms with E-state index >= 15 is 0 Å². The van der Waals surface area contributed by atoms with E-state index in [1.165, 1.54) is 0 Å². The molecule has 0 aliphatic rings. The molecule has 0 amide bonds. The van der Waals surface area contributed by atoms with Crippen molar-refractivity contribution in [1.29, 1.82) is 0 Å². The van der Waals surface area contributed by atoms with Crippen LogP contribution in [-0.2, 0) is 4.74 Å². The number of rotatable bonds is 7. The van der Waals surface area contributed by atoms with Gasteiger partial charge < -0.3 is 14.5 Å². The van der Waals surface area contributed by atoms with Crippen molar-refractivity contribution in [2.75, 3.05) is 19.8 Å². The minimum absolute atomic E-state index is 0.278. The highest BCUT2D eigenvalue weighted by Gasteiger charge is 2.07. The molecule has 0 saturated carbocycles. The lowest BCUT2D eigenvalue weighted by atomic mass is 10.2. The van der Waals surface area contributed by atoms with E-state index in [1.807, 2.05) is 26.0 Å². The fourth-order valence-electron chi connectivity index (χ4n) is 1.42. The van der Waals surface area contributed by atoms with Gasteiger partial charge in [-0.05, 0) is 45.9 Å². The molecule has 0 fully saturated rings. The Bertz CT molecular complexity index is 270. The van der Waals surface area contributed by atoms with Crippen molar-refractivity contribution < 1.29 is 9.15 Å². The molecule has 3 nitrogen and oxygen atoms in total. The summed E-state index contributed by atoms with van der Waals surface area (Å²) in [6.45, 7) is 8.67. The van der Waals surface area contributed by atoms with Crippen LogP contribution in [0.25, 0.3) is 0 Å². The molecule has 1 N–H and O–H groups in total. The second-order valence-electron chi connectivity index (χ2n) is 3.67. The number of hydrogen-bond acceptors (Lipinski definition) is 3. The fraction of sp³-hybridized carbons (Fsp3) is 0.667. The average molecular weight is 211 g/mol. The highest BCUT2D eigenvalue weighted by molar-refractivity contribution is 5.08. The van der Waals surface area contributed by atoms with Gasteiger partial charge >= 0.3 is 0 Å². The maximum absolute atomic E-state index is 5.53. The van der Waals surface area contributed by atoms with Crippen LogP contribution < -0.4 is 5.32 Å². The van der Waals surface area contributed by atoms with Gasteiger partial charge in [0.1, 0.15) is 11.5 Å². The summed E-state index contributed by atoms with van der Waals surface area (Å²) in [6.07, 6.45) is 1.04. The third-order valence-electron chi connectivity index (χ3n) is 2.31. The summed E-state index contributed by atoms with van der Waals surface area (Å²) < 4.78 is 10.8. The van der Waals surface area contributed by atoms with Crippen LogP contribution in [0.2, 0.25) is 0 Å². The van der Waals surface area contributed by atoms with Crippen LogP contribution in [0.4, 0.5) is 0 Å². The molecule has 1 heterocycles. The molecule has 1 atom stereocenters. The van der Waals surface area contributed by atoms with Crippen molar-refractivity contribution >= 4 is 0 Å². The van der Waals surface area contributed by atoms with Gasteiger partial charge in [-0.15, -0.1) is 0 Å². The zero-order chi connectivity index (χ0) is 11.1. The van der Waals surface area contributed by atoms with Crippen LogP contribution in [0.3, 0.4) is 0 Å². The van der Waals surface area contributed by atoms with Crippen LogP contribution in [0.5, 0.6) is 0 Å². The minimum Gasteiger partial charge on any atom is -0.465 e. The van der Waals surface area contributed by atoms with Crippen LogP contribution in [0.1, 0.15) is 37.8 Å². The topological polar surface area (TPSA) is 34.4 Å². The molecule has 1 aromatic heterocycles. The summed E-state index contributed by atoms with van der Waals surface area (Å²) in [7, 11) is 0. The first-order valence-corrected chi connectivity index (χ1v) is 5.61. The van der Waals surface area contributed by atoms with Crippen molar-refractivity contribution in [3.05, 3.63) is 23.7 Å². The summed E-state index contributed by atoms with van der Waals surface area (Å²) in [5, 5.41) is 3.40. The monoisotopic (exact) mass is 211 g/mol. The van der Waals surface area contributed by atoms with Gasteiger partial charge in [0.2, 0.25) is 0 Å². The molecule has 0 unspecified atom stereocenters. The number of aryl methyl sites for hydroxylation is 1. The molecular formula is C12H21NO2. The van der Waals surface area contributed by atoms with Gasteiger partial charge in [0.15, 0.2) is 0 Å². The van der Waals surface area contributed by atoms with E-state index in [1.54, 1.807) is 0 Å². The van der Waals surface area contributed by atoms with Crippen molar-refractivity contribution in [3.8, 4) is 0 Å². The van der Waals surface area contributed by atoms with Gasteiger partial charge in [0, 0.05) is 13.2 Å². The Morgan fingerprint density at radius 3 is 2.87 bits per heavy atom. The second kappa shape index (κ2) is 6.64. The maximum Gasteiger partial charge on any atom is 0.120 e. The molecule has 15 heavy (non-hydrogen) atoms. The van der Waals surface area contributed by atoms with E-state index in [0.717, 1.165) is 37.7 Å². The summed E-state index contributed by atoms with van der Waals surface area (Å²) in [5.74, 6) is 1.97. The summed E-state index contributed by atoms with van der Waals surface area (Å²) in [4.78, 5) is 0. The fourth-order valence-corrected chi connectivity index (χ4v) is 1.42. The van der Waals surface area contributed by atoms with Crippen LogP contribution in [0.15, 0.2) is 16.5 Å². The Morgan fingerprint density at radius 2 is 2.27 bits per heavy atom. The Labute approximate surface area is 91.8 Å². The Hall–Kier alpha value is -0.800. The first kappa shape index (κ1) is 12.3. The molecule has 0 aromatic carbocycles. The molecule has 0 spiro atoms. The standard InChI is InChI=1S/C12H21NO2/c1-4-14-9-5-8-13-11(3)12-7-6-10(2)15-12/h6-7,11,13H,4-5,8-9H2,1-3H3/t11-/m0/s1. The third-order valence-corrected chi connectivity index (χ3v) is 2.31. The molecule has 0 radical (unpaired) electrons. The highest BCUT2D eigenvalue weighted by Crippen LogP contribution is 2.15. The second-order valence-corrected chi connectivity index (χ2v) is 3.67. The first-order chi connectivity index (χ1) is 7.24. The third kappa shape index (κ3) is 4.49. The Kier molecular flexibility index (Phi) is 5.43. The zero-order valence-corrected chi connectivity index (χ0v) is 9.88. The average Bonchev–Trinajstić information content (AvgIpc) is 2.64. The molecular weight excluding hydrogens is 190 g/mol. The lowest BCUT2D eigenvalue weighted by molar-refractivity contribution is 0.144. The van der Waals surface area contributed by atoms with E-state index in [0.29, 0.717) is 0 Å². The zero-order valence-electron chi connectivity index (χ0n) is 9.88. The lowest BCUT2D eigenvalue weighted by Gasteiger charge is -2.10. The van der Waals surface area contributed by atoms with Crippen LogP contribution >= 0.6 is 0 Å². The summed E-state index contributed by atoms with van der Waals surface area (Å²) in [5.41, 5.74) is 0. The summed E-state index contributed by atoms with van der Waals surface area (Å²) in [6, 6.07) is 4.30. The minimum atomic E-state index is 0.278. The molecule has 0 bridgehead atoms. The number of hydrogen-bond donors (Lipinski definition) is 1. The molecule has 1 rings (SSSR count). The quantitative estimate of drug-likeness (QED) is 0.704. The molecule has 0 aliphatic carbocycles. The van der Waals surface area contributed by atoms with Gasteiger partial charge in [-0.2, -0.15) is 0 Å². The first-order valence-electron chi connectivity index (χ1n) is 5.61. The Morgan fingerprint density at radius 1 is 1.47 bits per heavy atom. The van der Waals surface area contributed by atoms with E-state index in [9.17, 15) is 0 Å². The smallest absolute Gasteiger partial charge is 0.120 e. The van der Waals surface area contributed by atoms with E-state index in [2.05, 4.69) is 12.2 Å². The molecule has 0 aliphatic heterocycles. The van der Waals surface area contributed by atoms with Crippen molar-refractivity contribution in [3.63, 3.8) is 0 Å². The molecule has 1 aromatic rings. The number of ether oxygens (including phenoxy) is 1. The molecule has 86 valence electrons. The van der Waals surface area contributed by atoms with Crippen molar-refractivity contribution in [2.24, 2.45) is 0 Å². The van der Waals surface area contributed by atoms with E-state index in [-0.39, 0.29) is 6.04 Å². The number of nitrogens with one attached hydrogen (secondary N) is 1. The number of furan rings is 1. The lowest BCUT2D eigenvalue weighted by Crippen LogP contribution is -2.20.